The molecular weight excluding hydrogens is 224 g/mol. The molecule has 3 aromatic rings. The second-order valence-electron chi connectivity index (χ2n) is 4.08. The second kappa shape index (κ2) is 3.97. The summed E-state index contributed by atoms with van der Waals surface area (Å²) in [4.78, 5) is 4.16. The molecule has 2 aromatic heterocycles. The molecule has 0 radical (unpaired) electrons. The van der Waals surface area contributed by atoms with Crippen LogP contribution in [0.5, 0.6) is 0 Å². The van der Waals surface area contributed by atoms with E-state index in [9.17, 15) is 0 Å². The predicted molar refractivity (Wildman–Crippen MR) is 67.9 cm³/mol. The topological polar surface area (TPSA) is 54.0 Å². The van der Waals surface area contributed by atoms with Crippen molar-refractivity contribution in [1.29, 1.82) is 5.26 Å². The number of nitrogens with zero attached hydrogens (tertiary/aromatic N) is 4. The molecule has 1 aromatic carbocycles. The van der Waals surface area contributed by atoms with E-state index >= 15 is 0 Å². The largest absolute Gasteiger partial charge is 0.215 e. The van der Waals surface area contributed by atoms with Gasteiger partial charge in [0, 0.05) is 5.56 Å². The maximum absolute atomic E-state index is 8.94. The van der Waals surface area contributed by atoms with Crippen molar-refractivity contribution < 1.29 is 0 Å². The molecule has 4 heteroatoms. The Balaban J connectivity index is 2.24. The number of hydrogen-bond donors (Lipinski definition) is 0. The van der Waals surface area contributed by atoms with Gasteiger partial charge < -0.3 is 0 Å². The standard InChI is InChI=1S/C14H10N4/c1-10-7-11(5-6-12(10)8-15)13-3-2-4-14-16-9-17-18(13)14/h2-7,9H,1H3. The van der Waals surface area contributed by atoms with Gasteiger partial charge in [-0.15, -0.1) is 0 Å². The van der Waals surface area contributed by atoms with E-state index in [1.54, 1.807) is 4.52 Å². The van der Waals surface area contributed by atoms with Crippen molar-refractivity contribution >= 4 is 5.65 Å². The van der Waals surface area contributed by atoms with Gasteiger partial charge >= 0.3 is 0 Å². The predicted octanol–water partition coefficient (Wildman–Crippen LogP) is 2.58. The van der Waals surface area contributed by atoms with E-state index < -0.39 is 0 Å². The fourth-order valence-corrected chi connectivity index (χ4v) is 2.01. The van der Waals surface area contributed by atoms with Gasteiger partial charge in [0.2, 0.25) is 0 Å². The van der Waals surface area contributed by atoms with Crippen molar-refractivity contribution in [1.82, 2.24) is 14.6 Å². The highest BCUT2D eigenvalue weighted by molar-refractivity contribution is 5.65. The van der Waals surface area contributed by atoms with Gasteiger partial charge in [-0.1, -0.05) is 12.1 Å². The van der Waals surface area contributed by atoms with Gasteiger partial charge in [-0.25, -0.2) is 9.50 Å². The van der Waals surface area contributed by atoms with Gasteiger partial charge in [0.05, 0.1) is 17.3 Å². The molecule has 0 bridgehead atoms. The maximum Gasteiger partial charge on any atom is 0.155 e. The molecule has 86 valence electrons. The quantitative estimate of drug-likeness (QED) is 0.650. The highest BCUT2D eigenvalue weighted by atomic mass is 15.3. The lowest BCUT2D eigenvalue weighted by atomic mass is 10.0. The Morgan fingerprint density at radius 3 is 2.89 bits per heavy atom. The zero-order valence-corrected chi connectivity index (χ0v) is 9.83. The van der Waals surface area contributed by atoms with E-state index in [-0.39, 0.29) is 0 Å². The molecule has 0 unspecified atom stereocenters. The van der Waals surface area contributed by atoms with Crippen molar-refractivity contribution in [3.05, 3.63) is 53.9 Å². The summed E-state index contributed by atoms with van der Waals surface area (Å²) in [6, 6.07) is 13.8. The van der Waals surface area contributed by atoms with Crippen LogP contribution >= 0.6 is 0 Å². The first-order valence-electron chi connectivity index (χ1n) is 5.59. The zero-order valence-electron chi connectivity index (χ0n) is 9.83. The Bertz CT molecular complexity index is 765. The van der Waals surface area contributed by atoms with Crippen molar-refractivity contribution in [2.45, 2.75) is 6.92 Å². The van der Waals surface area contributed by atoms with Crippen LogP contribution in [-0.4, -0.2) is 14.6 Å². The van der Waals surface area contributed by atoms with Crippen LogP contribution in [0.2, 0.25) is 0 Å². The fraction of sp³-hybridized carbons (Fsp3) is 0.0714. The van der Waals surface area contributed by atoms with Crippen LogP contribution in [0.4, 0.5) is 0 Å². The third-order valence-corrected chi connectivity index (χ3v) is 2.94. The van der Waals surface area contributed by atoms with E-state index in [1.807, 2.05) is 43.3 Å². The summed E-state index contributed by atoms with van der Waals surface area (Å²) in [5, 5.41) is 13.1. The molecule has 4 nitrogen and oxygen atoms in total. The minimum Gasteiger partial charge on any atom is -0.215 e. The van der Waals surface area contributed by atoms with E-state index in [0.717, 1.165) is 22.5 Å². The van der Waals surface area contributed by atoms with E-state index in [4.69, 9.17) is 5.26 Å². The van der Waals surface area contributed by atoms with Crippen LogP contribution in [0.15, 0.2) is 42.7 Å². The number of aromatic nitrogens is 3. The van der Waals surface area contributed by atoms with Crippen molar-refractivity contribution in [2.24, 2.45) is 0 Å². The minimum atomic E-state index is 0.699. The van der Waals surface area contributed by atoms with Gasteiger partial charge in [0.1, 0.15) is 6.33 Å². The summed E-state index contributed by atoms with van der Waals surface area (Å²) in [6.07, 6.45) is 1.54. The molecule has 0 aliphatic heterocycles. The van der Waals surface area contributed by atoms with Gasteiger partial charge in [0.25, 0.3) is 0 Å². The lowest BCUT2D eigenvalue weighted by Gasteiger charge is -2.06. The monoisotopic (exact) mass is 234 g/mol. The van der Waals surface area contributed by atoms with Crippen LogP contribution in [-0.2, 0) is 0 Å². The van der Waals surface area contributed by atoms with Crippen LogP contribution in [0.25, 0.3) is 16.9 Å². The van der Waals surface area contributed by atoms with E-state index in [0.29, 0.717) is 5.56 Å². The highest BCUT2D eigenvalue weighted by Gasteiger charge is 2.06. The lowest BCUT2D eigenvalue weighted by molar-refractivity contribution is 0.969. The zero-order chi connectivity index (χ0) is 12.5. The van der Waals surface area contributed by atoms with Crippen LogP contribution in [0.1, 0.15) is 11.1 Å². The molecule has 0 saturated heterocycles. The Labute approximate surface area is 104 Å². The molecule has 2 heterocycles. The van der Waals surface area contributed by atoms with Crippen molar-refractivity contribution in [3.63, 3.8) is 0 Å². The summed E-state index contributed by atoms with van der Waals surface area (Å²) in [7, 11) is 0. The molecule has 0 fully saturated rings. The molecule has 0 aliphatic carbocycles. The summed E-state index contributed by atoms with van der Waals surface area (Å²) in [5.74, 6) is 0. The Kier molecular flexibility index (Phi) is 2.31. The van der Waals surface area contributed by atoms with Gasteiger partial charge in [-0.05, 0) is 36.8 Å². The van der Waals surface area contributed by atoms with Crippen molar-refractivity contribution in [2.75, 3.05) is 0 Å². The number of aryl methyl sites for hydroxylation is 1. The summed E-state index contributed by atoms with van der Waals surface area (Å²) < 4.78 is 1.79. The molecule has 0 atom stereocenters. The first kappa shape index (κ1) is 10.5. The second-order valence-corrected chi connectivity index (χ2v) is 4.08. The molecule has 0 aliphatic rings. The number of fused-ring (bicyclic) bond motifs is 1. The summed E-state index contributed by atoms with van der Waals surface area (Å²) in [6.45, 7) is 1.93. The number of nitriles is 1. The molecule has 3 rings (SSSR count). The first-order chi connectivity index (χ1) is 8.79. The van der Waals surface area contributed by atoms with E-state index in [1.165, 1.54) is 6.33 Å². The van der Waals surface area contributed by atoms with Crippen LogP contribution in [0, 0.1) is 18.3 Å². The van der Waals surface area contributed by atoms with Gasteiger partial charge in [-0.2, -0.15) is 10.4 Å². The Hall–Kier alpha value is -2.67. The smallest absolute Gasteiger partial charge is 0.155 e. The number of hydrogen-bond acceptors (Lipinski definition) is 3. The average molecular weight is 234 g/mol. The van der Waals surface area contributed by atoms with Gasteiger partial charge in [0.15, 0.2) is 5.65 Å². The van der Waals surface area contributed by atoms with Crippen molar-refractivity contribution in [3.8, 4) is 17.3 Å². The molecule has 0 amide bonds. The van der Waals surface area contributed by atoms with Crippen LogP contribution in [0.3, 0.4) is 0 Å². The minimum absolute atomic E-state index is 0.699. The average Bonchev–Trinajstić information content (AvgIpc) is 2.86. The van der Waals surface area contributed by atoms with Gasteiger partial charge in [-0.3, -0.25) is 0 Å². The molecule has 18 heavy (non-hydrogen) atoms. The number of pyridine rings is 1. The molecule has 0 spiro atoms. The van der Waals surface area contributed by atoms with Crippen LogP contribution < -0.4 is 0 Å². The summed E-state index contributed by atoms with van der Waals surface area (Å²) in [5.41, 5.74) is 4.48. The molecule has 0 N–H and O–H groups in total. The summed E-state index contributed by atoms with van der Waals surface area (Å²) >= 11 is 0. The number of benzene rings is 1. The third-order valence-electron chi connectivity index (χ3n) is 2.94. The lowest BCUT2D eigenvalue weighted by Crippen LogP contribution is -1.94. The third kappa shape index (κ3) is 1.54. The normalized spacial score (nSPS) is 10.4. The number of rotatable bonds is 1. The maximum atomic E-state index is 8.94. The van der Waals surface area contributed by atoms with E-state index in [2.05, 4.69) is 16.2 Å². The Morgan fingerprint density at radius 2 is 2.11 bits per heavy atom. The Morgan fingerprint density at radius 1 is 1.22 bits per heavy atom. The molecule has 0 saturated carbocycles. The first-order valence-corrected chi connectivity index (χ1v) is 5.59. The SMILES string of the molecule is Cc1cc(-c2cccc3ncnn23)ccc1C#N. The molecular formula is C14H10N4. The highest BCUT2D eigenvalue weighted by Crippen LogP contribution is 2.22. The fourth-order valence-electron chi connectivity index (χ4n) is 2.01.